The molecule has 0 atom stereocenters. The molecule has 4 rings (SSSR count). The zero-order valence-corrected chi connectivity index (χ0v) is 21.0. The molecule has 3 aromatic rings. The summed E-state index contributed by atoms with van der Waals surface area (Å²) in [6.07, 6.45) is 5.43. The van der Waals surface area contributed by atoms with Crippen LogP contribution in [-0.4, -0.2) is 24.0 Å². The number of rotatable bonds is 6. The molecule has 0 spiro atoms. The third-order valence-corrected chi connectivity index (χ3v) is 7.19. The normalized spacial score (nSPS) is 16.0. The Bertz CT molecular complexity index is 1290. The maximum Gasteiger partial charge on any atom is 0.335 e. The van der Waals surface area contributed by atoms with Gasteiger partial charge in [-0.1, -0.05) is 58.0 Å². The number of carbonyl (C=O) groups excluding carboxylic acids is 1. The predicted molar refractivity (Wildman–Crippen MR) is 140 cm³/mol. The number of benzene rings is 3. The van der Waals surface area contributed by atoms with Crippen molar-refractivity contribution in [3.63, 3.8) is 0 Å². The molecule has 0 saturated carbocycles. The van der Waals surface area contributed by atoms with Gasteiger partial charge < -0.3 is 9.84 Å². The molecular formula is C31H32O4. The largest absolute Gasteiger partial charge is 0.497 e. The molecule has 3 aromatic carbocycles. The van der Waals surface area contributed by atoms with Gasteiger partial charge in [0.05, 0.1) is 12.7 Å². The SMILES string of the molecule is COc1ccc(-c2cc(C(=O)C=Cc3ccc(C(=O)O)cc3)cc3c2C(C)(C)CCC3(C)C)cc1. The molecule has 0 fully saturated rings. The summed E-state index contributed by atoms with van der Waals surface area (Å²) >= 11 is 0. The van der Waals surface area contributed by atoms with E-state index >= 15 is 0 Å². The average Bonchev–Trinajstić information content (AvgIpc) is 2.85. The van der Waals surface area contributed by atoms with Gasteiger partial charge in [-0.25, -0.2) is 4.79 Å². The fourth-order valence-corrected chi connectivity index (χ4v) is 4.94. The average molecular weight is 469 g/mol. The van der Waals surface area contributed by atoms with Gasteiger partial charge in [0, 0.05) is 5.56 Å². The zero-order chi connectivity index (χ0) is 25.4. The Kier molecular flexibility index (Phi) is 6.42. The lowest BCUT2D eigenvalue weighted by Crippen LogP contribution is -2.34. The number of methoxy groups -OCH3 is 1. The van der Waals surface area contributed by atoms with Gasteiger partial charge in [-0.15, -0.1) is 0 Å². The van der Waals surface area contributed by atoms with E-state index in [0.29, 0.717) is 5.56 Å². The molecule has 35 heavy (non-hydrogen) atoms. The van der Waals surface area contributed by atoms with Crippen molar-refractivity contribution >= 4 is 17.8 Å². The number of hydrogen-bond acceptors (Lipinski definition) is 3. The zero-order valence-electron chi connectivity index (χ0n) is 21.0. The van der Waals surface area contributed by atoms with Crippen LogP contribution in [0.25, 0.3) is 17.2 Å². The Balaban J connectivity index is 1.80. The highest BCUT2D eigenvalue weighted by Crippen LogP contribution is 2.50. The fraction of sp³-hybridized carbons (Fsp3) is 0.290. The third-order valence-electron chi connectivity index (χ3n) is 7.19. The van der Waals surface area contributed by atoms with Gasteiger partial charge in [0.15, 0.2) is 5.78 Å². The molecule has 0 heterocycles. The minimum atomic E-state index is -0.970. The number of carbonyl (C=O) groups is 2. The molecule has 1 N–H and O–H groups in total. The Morgan fingerprint density at radius 1 is 0.857 bits per heavy atom. The van der Waals surface area contributed by atoms with Gasteiger partial charge in [0.25, 0.3) is 0 Å². The van der Waals surface area contributed by atoms with Crippen molar-refractivity contribution in [3.8, 4) is 16.9 Å². The first-order valence-electron chi connectivity index (χ1n) is 11.9. The first-order valence-corrected chi connectivity index (χ1v) is 11.9. The highest BCUT2D eigenvalue weighted by atomic mass is 16.5. The molecule has 0 bridgehead atoms. The number of carboxylic acid groups (broad SMARTS) is 1. The van der Waals surface area contributed by atoms with E-state index < -0.39 is 5.97 Å². The Morgan fingerprint density at radius 3 is 2.09 bits per heavy atom. The van der Waals surface area contributed by atoms with Gasteiger partial charge in [-0.3, -0.25) is 4.79 Å². The third kappa shape index (κ3) is 4.93. The van der Waals surface area contributed by atoms with Crippen LogP contribution >= 0.6 is 0 Å². The maximum atomic E-state index is 13.3. The quantitative estimate of drug-likeness (QED) is 0.304. The number of ketones is 1. The van der Waals surface area contributed by atoms with Crippen molar-refractivity contribution in [2.45, 2.75) is 51.4 Å². The van der Waals surface area contributed by atoms with Crippen molar-refractivity contribution in [1.29, 1.82) is 0 Å². The standard InChI is InChI=1S/C31H32O4/c1-30(2)16-17-31(3,4)28-25(21-11-13-24(35-5)14-12-21)18-23(19-26(28)30)27(32)15-8-20-6-9-22(10-7-20)29(33)34/h6-15,18-19H,16-17H2,1-5H3,(H,33,34). The van der Waals surface area contributed by atoms with Gasteiger partial charge in [-0.05, 0) is 94.0 Å². The summed E-state index contributed by atoms with van der Waals surface area (Å²) in [4.78, 5) is 24.4. The number of allylic oxidation sites excluding steroid dienone is 1. The molecule has 4 nitrogen and oxygen atoms in total. The number of hydrogen-bond donors (Lipinski definition) is 1. The number of aromatic carboxylic acids is 1. The van der Waals surface area contributed by atoms with E-state index in [-0.39, 0.29) is 22.2 Å². The molecule has 0 aromatic heterocycles. The monoisotopic (exact) mass is 468 g/mol. The lowest BCUT2D eigenvalue weighted by molar-refractivity contribution is 0.0696. The van der Waals surface area contributed by atoms with Crippen LogP contribution in [-0.2, 0) is 10.8 Å². The number of ether oxygens (including phenoxy) is 1. The molecule has 0 unspecified atom stereocenters. The van der Waals surface area contributed by atoms with E-state index in [2.05, 4.69) is 45.9 Å². The second kappa shape index (κ2) is 9.18. The first-order chi connectivity index (χ1) is 16.5. The van der Waals surface area contributed by atoms with Crippen LogP contribution in [0.15, 0.2) is 66.7 Å². The van der Waals surface area contributed by atoms with Crippen LogP contribution < -0.4 is 4.74 Å². The maximum absolute atomic E-state index is 13.3. The van der Waals surface area contributed by atoms with E-state index in [1.807, 2.05) is 18.2 Å². The van der Waals surface area contributed by atoms with Crippen molar-refractivity contribution in [2.24, 2.45) is 0 Å². The fourth-order valence-electron chi connectivity index (χ4n) is 4.94. The van der Waals surface area contributed by atoms with E-state index in [1.165, 1.54) is 23.3 Å². The molecule has 0 amide bonds. The van der Waals surface area contributed by atoms with Gasteiger partial charge in [0.2, 0.25) is 0 Å². The van der Waals surface area contributed by atoms with Crippen molar-refractivity contribution in [2.75, 3.05) is 7.11 Å². The van der Waals surface area contributed by atoms with E-state index in [0.717, 1.165) is 35.3 Å². The van der Waals surface area contributed by atoms with E-state index in [9.17, 15) is 9.59 Å². The van der Waals surface area contributed by atoms with Crippen LogP contribution in [0.1, 0.15) is 77.9 Å². The van der Waals surface area contributed by atoms with Crippen molar-refractivity contribution < 1.29 is 19.4 Å². The van der Waals surface area contributed by atoms with Crippen LogP contribution in [0.4, 0.5) is 0 Å². The first kappa shape index (κ1) is 24.5. The summed E-state index contributed by atoms with van der Waals surface area (Å²) in [6.45, 7) is 9.09. The minimum Gasteiger partial charge on any atom is -0.497 e. The van der Waals surface area contributed by atoms with Gasteiger partial charge in [-0.2, -0.15) is 0 Å². The molecule has 180 valence electrons. The summed E-state index contributed by atoms with van der Waals surface area (Å²) in [7, 11) is 1.66. The highest BCUT2D eigenvalue weighted by Gasteiger charge is 2.39. The lowest BCUT2D eigenvalue weighted by Gasteiger charge is -2.43. The summed E-state index contributed by atoms with van der Waals surface area (Å²) in [5.74, 6) is -0.252. The van der Waals surface area contributed by atoms with E-state index in [1.54, 1.807) is 31.4 Å². The number of carboxylic acids is 1. The Labute approximate surface area is 207 Å². The van der Waals surface area contributed by atoms with Gasteiger partial charge in [0.1, 0.15) is 5.75 Å². The van der Waals surface area contributed by atoms with Crippen LogP contribution in [0, 0.1) is 0 Å². The molecule has 0 radical (unpaired) electrons. The van der Waals surface area contributed by atoms with Crippen LogP contribution in [0.5, 0.6) is 5.75 Å². The summed E-state index contributed by atoms with van der Waals surface area (Å²) < 4.78 is 5.35. The smallest absolute Gasteiger partial charge is 0.335 e. The molecule has 0 saturated heterocycles. The second-order valence-electron chi connectivity index (χ2n) is 10.6. The highest BCUT2D eigenvalue weighted by molar-refractivity contribution is 6.08. The molecular weight excluding hydrogens is 436 g/mol. The molecule has 1 aliphatic rings. The van der Waals surface area contributed by atoms with Gasteiger partial charge >= 0.3 is 5.97 Å². The Morgan fingerprint density at radius 2 is 1.49 bits per heavy atom. The van der Waals surface area contributed by atoms with Crippen LogP contribution in [0.3, 0.4) is 0 Å². The topological polar surface area (TPSA) is 63.6 Å². The summed E-state index contributed by atoms with van der Waals surface area (Å²) in [6, 6.07) is 18.6. The van der Waals surface area contributed by atoms with E-state index in [4.69, 9.17) is 9.84 Å². The summed E-state index contributed by atoms with van der Waals surface area (Å²) in [5.41, 5.74) is 6.28. The molecule has 4 heteroatoms. The second-order valence-corrected chi connectivity index (χ2v) is 10.6. The van der Waals surface area contributed by atoms with Crippen molar-refractivity contribution in [3.05, 3.63) is 94.6 Å². The lowest BCUT2D eigenvalue weighted by atomic mass is 9.61. The minimum absolute atomic E-state index is 0.0105. The van der Waals surface area contributed by atoms with Crippen molar-refractivity contribution in [1.82, 2.24) is 0 Å². The molecule has 1 aliphatic carbocycles. The van der Waals surface area contributed by atoms with Crippen LogP contribution in [0.2, 0.25) is 0 Å². The number of fused-ring (bicyclic) bond motifs is 1. The Hall–Kier alpha value is -3.66. The molecule has 0 aliphatic heterocycles. The predicted octanol–water partition coefficient (Wildman–Crippen LogP) is 7.31. The summed E-state index contributed by atoms with van der Waals surface area (Å²) in [5, 5.41) is 9.09.